The lowest BCUT2D eigenvalue weighted by atomic mass is 9.88. The fourth-order valence-corrected chi connectivity index (χ4v) is 5.63. The lowest BCUT2D eigenvalue weighted by molar-refractivity contribution is -0.0229. The zero-order valence-electron chi connectivity index (χ0n) is 22.8. The SMILES string of the molecule is CC(F)(F)COc1ccc(C2=C(c3ccc(O[C@H]4CCN(CCCF)C4)cc3)c3ccc(O)cc3CCC2)cc1. The summed E-state index contributed by atoms with van der Waals surface area (Å²) >= 11 is 0. The van der Waals surface area contributed by atoms with Gasteiger partial charge in [-0.15, -0.1) is 0 Å². The van der Waals surface area contributed by atoms with Gasteiger partial charge in [0, 0.05) is 26.6 Å². The van der Waals surface area contributed by atoms with Crippen LogP contribution in [0.5, 0.6) is 17.2 Å². The molecular formula is C33H36F3NO3. The van der Waals surface area contributed by atoms with Crippen LogP contribution in [-0.2, 0) is 6.42 Å². The molecule has 1 aliphatic heterocycles. The van der Waals surface area contributed by atoms with Crippen LogP contribution >= 0.6 is 0 Å². The highest BCUT2D eigenvalue weighted by Crippen LogP contribution is 2.41. The van der Waals surface area contributed by atoms with E-state index in [0.717, 1.165) is 91.4 Å². The Kier molecular flexibility index (Phi) is 8.69. The summed E-state index contributed by atoms with van der Waals surface area (Å²) in [5.74, 6) is -1.44. The van der Waals surface area contributed by atoms with Gasteiger partial charge in [0.2, 0.25) is 0 Å². The van der Waals surface area contributed by atoms with Crippen molar-refractivity contribution in [3.8, 4) is 17.2 Å². The predicted molar refractivity (Wildman–Crippen MR) is 152 cm³/mol. The highest BCUT2D eigenvalue weighted by molar-refractivity contribution is 6.00. The van der Waals surface area contributed by atoms with Crippen molar-refractivity contribution in [3.05, 3.63) is 89.0 Å². The first-order valence-electron chi connectivity index (χ1n) is 14.0. The molecule has 0 bridgehead atoms. The highest BCUT2D eigenvalue weighted by Gasteiger charge is 2.25. The summed E-state index contributed by atoms with van der Waals surface area (Å²) in [6.45, 7) is 2.38. The molecular weight excluding hydrogens is 515 g/mol. The average Bonchev–Trinajstić information content (AvgIpc) is 3.30. The number of aryl methyl sites for hydroxylation is 1. The third-order valence-corrected chi connectivity index (χ3v) is 7.51. The summed E-state index contributed by atoms with van der Waals surface area (Å²) in [7, 11) is 0. The van der Waals surface area contributed by atoms with Crippen molar-refractivity contribution in [2.45, 2.75) is 51.1 Å². The molecule has 0 aromatic heterocycles. The van der Waals surface area contributed by atoms with Crippen molar-refractivity contribution in [1.29, 1.82) is 0 Å². The normalized spacial score (nSPS) is 17.9. The van der Waals surface area contributed by atoms with E-state index in [9.17, 15) is 18.3 Å². The van der Waals surface area contributed by atoms with Crippen molar-refractivity contribution in [3.63, 3.8) is 0 Å². The topological polar surface area (TPSA) is 41.9 Å². The number of hydrogen-bond donors (Lipinski definition) is 1. The number of rotatable bonds is 10. The van der Waals surface area contributed by atoms with Gasteiger partial charge in [0.05, 0.1) is 6.67 Å². The van der Waals surface area contributed by atoms with Gasteiger partial charge in [0.15, 0.2) is 6.61 Å². The average molecular weight is 552 g/mol. The number of halogens is 3. The van der Waals surface area contributed by atoms with Crippen LogP contribution in [0.25, 0.3) is 11.1 Å². The molecule has 7 heteroatoms. The Hall–Kier alpha value is -3.45. The lowest BCUT2D eigenvalue weighted by Crippen LogP contribution is -2.26. The van der Waals surface area contributed by atoms with Crippen LogP contribution in [0.4, 0.5) is 13.2 Å². The highest BCUT2D eigenvalue weighted by atomic mass is 19.3. The first kappa shape index (κ1) is 28.1. The minimum absolute atomic E-state index is 0.0928. The van der Waals surface area contributed by atoms with Gasteiger partial charge in [0.25, 0.3) is 5.92 Å². The number of aromatic hydroxyl groups is 1. The van der Waals surface area contributed by atoms with Crippen molar-refractivity contribution < 1.29 is 27.8 Å². The summed E-state index contributed by atoms with van der Waals surface area (Å²) < 4.78 is 50.6. The molecule has 0 radical (unpaired) electrons. The Labute approximate surface area is 234 Å². The second kappa shape index (κ2) is 12.4. The number of alkyl halides is 3. The van der Waals surface area contributed by atoms with Gasteiger partial charge in [-0.25, -0.2) is 8.78 Å². The van der Waals surface area contributed by atoms with E-state index in [2.05, 4.69) is 17.0 Å². The minimum Gasteiger partial charge on any atom is -0.508 e. The van der Waals surface area contributed by atoms with Crippen LogP contribution in [0.3, 0.4) is 0 Å². The number of allylic oxidation sites excluding steroid dienone is 1. The number of phenols is 1. The van der Waals surface area contributed by atoms with Crippen molar-refractivity contribution in [2.75, 3.05) is 32.9 Å². The number of hydrogen-bond acceptors (Lipinski definition) is 4. The standard InChI is InChI=1S/C33H36F3NO3/c1-33(35,36)22-39-27-11-6-23(7-12-27)30-5-2-4-25-20-26(38)10-15-31(25)32(30)24-8-13-28(14-9-24)40-29-16-19-37(21-29)18-3-17-34/h6-15,20,29,38H,2-5,16-19,21-22H2,1H3/t29-/m0/s1. The number of fused-ring (bicyclic) bond motifs is 1. The Morgan fingerprint density at radius 2 is 1.68 bits per heavy atom. The van der Waals surface area contributed by atoms with E-state index in [1.54, 1.807) is 18.2 Å². The summed E-state index contributed by atoms with van der Waals surface area (Å²) in [4.78, 5) is 2.25. The van der Waals surface area contributed by atoms with Crippen LogP contribution in [-0.4, -0.2) is 54.9 Å². The second-order valence-electron chi connectivity index (χ2n) is 10.8. The molecule has 1 saturated heterocycles. The number of likely N-dealkylation sites (tertiary alicyclic amines) is 1. The molecule has 5 rings (SSSR count). The fourth-order valence-electron chi connectivity index (χ4n) is 5.63. The van der Waals surface area contributed by atoms with Gasteiger partial charge in [0.1, 0.15) is 23.4 Å². The van der Waals surface area contributed by atoms with Crippen molar-refractivity contribution >= 4 is 11.1 Å². The molecule has 1 fully saturated rings. The maximum atomic E-state index is 13.3. The Balaban J connectivity index is 1.43. The zero-order chi connectivity index (χ0) is 28.1. The number of phenolic OH excluding ortho intramolecular Hbond substituents is 1. The molecule has 3 aromatic rings. The maximum Gasteiger partial charge on any atom is 0.278 e. The third-order valence-electron chi connectivity index (χ3n) is 7.51. The molecule has 0 saturated carbocycles. The summed E-state index contributed by atoms with van der Waals surface area (Å²) in [6, 6.07) is 21.0. The van der Waals surface area contributed by atoms with Gasteiger partial charge in [-0.1, -0.05) is 30.3 Å². The number of nitrogens with zero attached hydrogens (tertiary/aromatic N) is 1. The monoisotopic (exact) mass is 551 g/mol. The number of benzene rings is 3. The van der Waals surface area contributed by atoms with Gasteiger partial charge >= 0.3 is 0 Å². The van der Waals surface area contributed by atoms with Crippen LogP contribution in [0.15, 0.2) is 66.7 Å². The third kappa shape index (κ3) is 7.00. The van der Waals surface area contributed by atoms with Crippen molar-refractivity contribution in [1.82, 2.24) is 4.90 Å². The van der Waals surface area contributed by atoms with Gasteiger partial charge in [-0.05, 0) is 102 Å². The van der Waals surface area contributed by atoms with Gasteiger partial charge in [-0.2, -0.15) is 0 Å². The molecule has 1 atom stereocenters. The molecule has 4 nitrogen and oxygen atoms in total. The Morgan fingerprint density at radius 1 is 0.950 bits per heavy atom. The predicted octanol–water partition coefficient (Wildman–Crippen LogP) is 7.53. The van der Waals surface area contributed by atoms with E-state index in [1.165, 1.54) is 0 Å². The second-order valence-corrected chi connectivity index (χ2v) is 10.8. The number of ether oxygens (including phenoxy) is 2. The molecule has 212 valence electrons. The van der Waals surface area contributed by atoms with E-state index in [4.69, 9.17) is 9.47 Å². The van der Waals surface area contributed by atoms with E-state index in [0.29, 0.717) is 12.2 Å². The largest absolute Gasteiger partial charge is 0.508 e. The summed E-state index contributed by atoms with van der Waals surface area (Å²) in [5, 5.41) is 10.2. The van der Waals surface area contributed by atoms with E-state index < -0.39 is 12.5 Å². The maximum absolute atomic E-state index is 13.3. The molecule has 0 unspecified atom stereocenters. The molecule has 2 aliphatic rings. The minimum atomic E-state index is -2.90. The van der Waals surface area contributed by atoms with E-state index in [-0.39, 0.29) is 18.5 Å². The quantitative estimate of drug-likeness (QED) is 0.283. The van der Waals surface area contributed by atoms with Gasteiger partial charge in [-0.3, -0.25) is 9.29 Å². The molecule has 1 N–H and O–H groups in total. The van der Waals surface area contributed by atoms with Gasteiger partial charge < -0.3 is 14.6 Å². The van der Waals surface area contributed by atoms with Crippen LogP contribution in [0.1, 0.15) is 54.9 Å². The lowest BCUT2D eigenvalue weighted by Gasteiger charge is -2.19. The van der Waals surface area contributed by atoms with E-state index in [1.807, 2.05) is 36.4 Å². The molecule has 0 amide bonds. The molecule has 1 aliphatic carbocycles. The molecule has 40 heavy (non-hydrogen) atoms. The first-order valence-corrected chi connectivity index (χ1v) is 14.0. The smallest absolute Gasteiger partial charge is 0.278 e. The van der Waals surface area contributed by atoms with Crippen LogP contribution in [0, 0.1) is 0 Å². The Morgan fingerprint density at radius 3 is 2.40 bits per heavy atom. The molecule has 1 heterocycles. The molecule has 3 aromatic carbocycles. The zero-order valence-corrected chi connectivity index (χ0v) is 22.8. The first-order chi connectivity index (χ1) is 19.3. The summed E-state index contributed by atoms with van der Waals surface area (Å²) in [5.41, 5.74) is 6.46. The van der Waals surface area contributed by atoms with Crippen LogP contribution < -0.4 is 9.47 Å². The Bertz CT molecular complexity index is 1320. The fraction of sp³-hybridized carbons (Fsp3) is 0.394. The van der Waals surface area contributed by atoms with Crippen molar-refractivity contribution in [2.24, 2.45) is 0 Å². The van der Waals surface area contributed by atoms with E-state index >= 15 is 0 Å². The molecule has 0 spiro atoms. The summed E-state index contributed by atoms with van der Waals surface area (Å²) in [6.07, 6.45) is 4.16. The van der Waals surface area contributed by atoms with Crippen LogP contribution in [0.2, 0.25) is 0 Å².